The zero-order valence-electron chi connectivity index (χ0n) is 18.7. The molecule has 4 aromatic rings. The number of rotatable bonds is 5. The Balaban J connectivity index is 1.74. The van der Waals surface area contributed by atoms with Crippen molar-refractivity contribution in [2.45, 2.75) is 12.2 Å². The fraction of sp³-hybridized carbons (Fsp3) is 0.240. The molecule has 1 aliphatic rings. The van der Waals surface area contributed by atoms with Crippen molar-refractivity contribution in [1.82, 2.24) is 0 Å². The predicted molar refractivity (Wildman–Crippen MR) is 123 cm³/mol. The number of benzene rings is 3. The molecule has 1 aliphatic heterocycles. The van der Waals surface area contributed by atoms with Gasteiger partial charge in [0.15, 0.2) is 35.0 Å². The molecule has 0 amide bonds. The molecule has 1 aromatic heterocycles. The highest BCUT2D eigenvalue weighted by Gasteiger charge is 2.37. The summed E-state index contributed by atoms with van der Waals surface area (Å²) >= 11 is 0. The van der Waals surface area contributed by atoms with Crippen molar-refractivity contribution < 1.29 is 38.3 Å². The number of methoxy groups -OCH3 is 3. The largest absolute Gasteiger partial charge is 0.504 e. The quantitative estimate of drug-likeness (QED) is 0.426. The molecule has 2 N–H and O–H groups in total. The Bertz CT molecular complexity index is 1460. The highest BCUT2D eigenvalue weighted by molar-refractivity contribution is 5.97. The summed E-state index contributed by atoms with van der Waals surface area (Å²) in [5.41, 5.74) is 0.774. The van der Waals surface area contributed by atoms with E-state index in [9.17, 15) is 15.0 Å². The number of fused-ring (bicyclic) bond motifs is 4. The third-order valence-electron chi connectivity index (χ3n) is 5.83. The first-order chi connectivity index (χ1) is 16.5. The van der Waals surface area contributed by atoms with Crippen molar-refractivity contribution in [3.63, 3.8) is 0 Å². The number of hydrogen-bond acceptors (Lipinski definition) is 9. The number of ether oxygens (including phenoxy) is 5. The van der Waals surface area contributed by atoms with Crippen LogP contribution in [0.2, 0.25) is 0 Å². The fourth-order valence-corrected chi connectivity index (χ4v) is 4.18. The van der Waals surface area contributed by atoms with Gasteiger partial charge in [0.1, 0.15) is 16.7 Å². The molecule has 0 radical (unpaired) electrons. The van der Waals surface area contributed by atoms with Crippen LogP contribution in [0.5, 0.6) is 34.5 Å². The van der Waals surface area contributed by atoms with Gasteiger partial charge in [-0.25, -0.2) is 0 Å². The first-order valence-corrected chi connectivity index (χ1v) is 10.5. The molecule has 34 heavy (non-hydrogen) atoms. The summed E-state index contributed by atoms with van der Waals surface area (Å²) in [4.78, 5) is 13.4. The SMILES string of the molecule is COc1cc([C@H]2Oc3c(OC)cc4c(=O)c5c(OC)cccc5oc4c3O[C@H]2CO)ccc1O. The number of aliphatic hydroxyl groups excluding tert-OH is 1. The van der Waals surface area contributed by atoms with Crippen molar-refractivity contribution in [3.8, 4) is 34.5 Å². The fourth-order valence-electron chi connectivity index (χ4n) is 4.18. The second kappa shape index (κ2) is 8.35. The van der Waals surface area contributed by atoms with Crippen molar-refractivity contribution in [2.24, 2.45) is 0 Å². The van der Waals surface area contributed by atoms with Gasteiger partial charge in [-0.05, 0) is 30.3 Å². The zero-order valence-corrected chi connectivity index (χ0v) is 18.7. The molecule has 2 heterocycles. The normalized spacial score (nSPS) is 17.1. The van der Waals surface area contributed by atoms with Gasteiger partial charge in [-0.15, -0.1) is 0 Å². The first-order valence-electron chi connectivity index (χ1n) is 10.5. The highest BCUT2D eigenvalue weighted by Crippen LogP contribution is 2.50. The molecule has 5 rings (SSSR count). The first kappa shape index (κ1) is 21.7. The summed E-state index contributed by atoms with van der Waals surface area (Å²) < 4.78 is 34.5. The van der Waals surface area contributed by atoms with Gasteiger partial charge < -0.3 is 38.3 Å². The van der Waals surface area contributed by atoms with Crippen LogP contribution < -0.4 is 29.1 Å². The van der Waals surface area contributed by atoms with E-state index >= 15 is 0 Å². The van der Waals surface area contributed by atoms with Crippen LogP contribution in [0.15, 0.2) is 51.7 Å². The van der Waals surface area contributed by atoms with Gasteiger partial charge in [0.05, 0.1) is 33.3 Å². The summed E-state index contributed by atoms with van der Waals surface area (Å²) in [7, 11) is 4.37. The van der Waals surface area contributed by atoms with E-state index in [4.69, 9.17) is 28.1 Å². The topological polar surface area (TPSA) is 117 Å². The third-order valence-corrected chi connectivity index (χ3v) is 5.83. The van der Waals surface area contributed by atoms with Gasteiger partial charge in [0.2, 0.25) is 16.9 Å². The maximum absolute atomic E-state index is 13.4. The maximum atomic E-state index is 13.4. The maximum Gasteiger partial charge on any atom is 0.209 e. The molecule has 0 saturated carbocycles. The van der Waals surface area contributed by atoms with Crippen molar-refractivity contribution in [2.75, 3.05) is 27.9 Å². The number of phenols is 1. The summed E-state index contributed by atoms with van der Waals surface area (Å²) in [5.74, 6) is 1.24. The molecule has 0 spiro atoms. The van der Waals surface area contributed by atoms with Crippen LogP contribution in [0.1, 0.15) is 11.7 Å². The lowest BCUT2D eigenvalue weighted by atomic mass is 10.0. The minimum atomic E-state index is -0.844. The van der Waals surface area contributed by atoms with Crippen LogP contribution in [-0.2, 0) is 0 Å². The summed E-state index contributed by atoms with van der Waals surface area (Å²) in [6, 6.07) is 11.3. The van der Waals surface area contributed by atoms with Gasteiger partial charge >= 0.3 is 0 Å². The lowest BCUT2D eigenvalue weighted by Crippen LogP contribution is -2.36. The van der Waals surface area contributed by atoms with Crippen molar-refractivity contribution in [1.29, 1.82) is 0 Å². The Hall–Kier alpha value is -4.11. The molecule has 3 aromatic carbocycles. The smallest absolute Gasteiger partial charge is 0.209 e. The summed E-state index contributed by atoms with van der Waals surface area (Å²) in [6.45, 7) is -0.391. The molecule has 176 valence electrons. The van der Waals surface area contributed by atoms with E-state index < -0.39 is 18.8 Å². The number of phenolic OH excluding ortho intramolecular Hbond substituents is 1. The zero-order chi connectivity index (χ0) is 24.0. The Morgan fingerprint density at radius 2 is 1.68 bits per heavy atom. The van der Waals surface area contributed by atoms with Gasteiger partial charge in [-0.1, -0.05) is 12.1 Å². The summed E-state index contributed by atoms with van der Waals surface area (Å²) in [5, 5.41) is 20.6. The van der Waals surface area contributed by atoms with Crippen LogP contribution in [-0.4, -0.2) is 44.3 Å². The van der Waals surface area contributed by atoms with Gasteiger partial charge in [-0.2, -0.15) is 0 Å². The van der Waals surface area contributed by atoms with Gasteiger partial charge in [0.25, 0.3) is 0 Å². The Morgan fingerprint density at radius 1 is 0.912 bits per heavy atom. The number of aromatic hydroxyl groups is 1. The molecule has 0 unspecified atom stereocenters. The monoisotopic (exact) mass is 466 g/mol. The van der Waals surface area contributed by atoms with E-state index in [0.717, 1.165) is 0 Å². The van der Waals surface area contributed by atoms with E-state index in [2.05, 4.69) is 0 Å². The number of hydrogen-bond donors (Lipinski definition) is 2. The van der Waals surface area contributed by atoms with Crippen LogP contribution in [0.25, 0.3) is 21.9 Å². The molecule has 0 bridgehead atoms. The van der Waals surface area contributed by atoms with E-state index in [-0.39, 0.29) is 45.1 Å². The van der Waals surface area contributed by atoms with Gasteiger partial charge in [0, 0.05) is 5.56 Å². The Kier molecular flexibility index (Phi) is 5.33. The lowest BCUT2D eigenvalue weighted by Gasteiger charge is -2.34. The van der Waals surface area contributed by atoms with Crippen molar-refractivity contribution >= 4 is 21.9 Å². The second-order valence-electron chi connectivity index (χ2n) is 7.69. The predicted octanol–water partition coefficient (Wildman–Crippen LogP) is 3.55. The van der Waals surface area contributed by atoms with Crippen LogP contribution >= 0.6 is 0 Å². The average Bonchev–Trinajstić information content (AvgIpc) is 2.87. The molecule has 0 aliphatic carbocycles. The van der Waals surface area contributed by atoms with Crippen LogP contribution in [0.3, 0.4) is 0 Å². The molecular weight excluding hydrogens is 444 g/mol. The van der Waals surface area contributed by atoms with E-state index in [1.165, 1.54) is 33.5 Å². The summed E-state index contributed by atoms with van der Waals surface area (Å²) in [6.07, 6.45) is -1.60. The van der Waals surface area contributed by atoms with Crippen LogP contribution in [0.4, 0.5) is 0 Å². The molecule has 2 atom stereocenters. The Labute approximate surface area is 193 Å². The van der Waals surface area contributed by atoms with E-state index in [1.807, 2.05) is 0 Å². The Morgan fingerprint density at radius 3 is 2.38 bits per heavy atom. The standard InChI is InChI=1S/C25H22O9/c1-29-15-5-4-6-16-20(15)21(28)13-10-18(31-3)24-25(23(13)32-16)33-19(11-26)22(34-24)12-7-8-14(27)17(9-12)30-2/h4-10,19,22,26-27H,11H2,1-3H3/t19-,22+/m0/s1. The number of aliphatic hydroxyl groups is 1. The van der Waals surface area contributed by atoms with E-state index in [1.54, 1.807) is 30.3 Å². The molecular formula is C25H22O9. The minimum Gasteiger partial charge on any atom is -0.504 e. The molecule has 0 saturated heterocycles. The lowest BCUT2D eigenvalue weighted by molar-refractivity contribution is -0.0134. The van der Waals surface area contributed by atoms with Crippen molar-refractivity contribution in [3.05, 3.63) is 58.3 Å². The molecule has 0 fully saturated rings. The highest BCUT2D eigenvalue weighted by atomic mass is 16.6. The average molecular weight is 466 g/mol. The van der Waals surface area contributed by atoms with Crippen LogP contribution in [0, 0.1) is 0 Å². The molecule has 9 heteroatoms. The van der Waals surface area contributed by atoms with E-state index in [0.29, 0.717) is 22.3 Å². The second-order valence-corrected chi connectivity index (χ2v) is 7.69. The van der Waals surface area contributed by atoms with Gasteiger partial charge in [-0.3, -0.25) is 4.79 Å². The molecule has 9 nitrogen and oxygen atoms in total. The minimum absolute atomic E-state index is 0.0309. The third kappa shape index (κ3) is 3.24.